The number of esters is 2. The number of carbonyl (C=O) groups excluding carboxylic acids is 2. The zero-order valence-electron chi connectivity index (χ0n) is 16.9. The van der Waals surface area contributed by atoms with Crippen molar-refractivity contribution in [2.75, 3.05) is 25.0 Å². The van der Waals surface area contributed by atoms with Crippen LogP contribution in [0.1, 0.15) is 36.2 Å². The van der Waals surface area contributed by atoms with Gasteiger partial charge in [-0.25, -0.2) is 9.59 Å². The van der Waals surface area contributed by atoms with Crippen molar-refractivity contribution in [1.82, 2.24) is 4.90 Å². The molecule has 1 N–H and O–H groups in total. The maximum absolute atomic E-state index is 12.8. The number of ether oxygens (including phenoxy) is 1. The van der Waals surface area contributed by atoms with Crippen LogP contribution in [-0.4, -0.2) is 42.5 Å². The van der Waals surface area contributed by atoms with Crippen LogP contribution in [-0.2, 0) is 9.53 Å². The average Bonchev–Trinajstić information content (AvgIpc) is 2.73. The minimum Gasteiger partial charge on any atom is -0.388 e. The highest BCUT2D eigenvalue weighted by Gasteiger charge is 2.26. The van der Waals surface area contributed by atoms with Crippen LogP contribution in [0.15, 0.2) is 42.5 Å². The highest BCUT2D eigenvalue weighted by Crippen LogP contribution is 2.33. The lowest BCUT2D eigenvalue weighted by Gasteiger charge is -2.24. The van der Waals surface area contributed by atoms with Crippen LogP contribution in [0.2, 0.25) is 10.0 Å². The third-order valence-corrected chi connectivity index (χ3v) is 5.52. The molecule has 7 heteroatoms. The first-order valence-electron chi connectivity index (χ1n) is 9.61. The predicted molar refractivity (Wildman–Crippen MR) is 118 cm³/mol. The number of hydrogen-bond donors (Lipinski definition) is 1. The van der Waals surface area contributed by atoms with Crippen LogP contribution in [0.5, 0.6) is 0 Å². The highest BCUT2D eigenvalue weighted by molar-refractivity contribution is 6.39. The molecule has 0 bridgehead atoms. The van der Waals surface area contributed by atoms with Gasteiger partial charge in [0.1, 0.15) is 6.04 Å². The molecule has 0 spiro atoms. The van der Waals surface area contributed by atoms with Crippen molar-refractivity contribution >= 4 is 40.8 Å². The minimum absolute atomic E-state index is 0.315. The molecule has 2 aromatic rings. The Morgan fingerprint density at radius 1 is 1.07 bits per heavy atom. The normalized spacial score (nSPS) is 11.9. The molecule has 0 aromatic heterocycles. The Kier molecular flexibility index (Phi) is 8.96. The number of aryl methyl sites for hydroxylation is 1. The van der Waals surface area contributed by atoms with E-state index in [-0.39, 0.29) is 0 Å². The van der Waals surface area contributed by atoms with Gasteiger partial charge in [-0.05, 0) is 50.2 Å². The molecule has 0 aliphatic carbocycles. The maximum Gasteiger partial charge on any atom is 0.345 e. The van der Waals surface area contributed by atoms with Gasteiger partial charge in [0.2, 0.25) is 0 Å². The Balaban J connectivity index is 2.21. The Labute approximate surface area is 181 Å². The monoisotopic (exact) mass is 436 g/mol. The van der Waals surface area contributed by atoms with Gasteiger partial charge in [0.15, 0.2) is 0 Å². The number of nitrogens with zero attached hydrogens (tertiary/aromatic N) is 1. The first kappa shape index (κ1) is 23.2. The van der Waals surface area contributed by atoms with E-state index in [0.717, 1.165) is 18.7 Å². The van der Waals surface area contributed by atoms with Crippen molar-refractivity contribution in [3.05, 3.63) is 63.6 Å². The topological polar surface area (TPSA) is 58.6 Å². The van der Waals surface area contributed by atoms with E-state index in [2.05, 4.69) is 24.1 Å². The number of halogens is 2. The van der Waals surface area contributed by atoms with Gasteiger partial charge in [-0.1, -0.05) is 61.3 Å². The van der Waals surface area contributed by atoms with Crippen LogP contribution in [0.4, 0.5) is 5.69 Å². The summed E-state index contributed by atoms with van der Waals surface area (Å²) in [6, 6.07) is 11.2. The second-order valence-corrected chi connectivity index (χ2v) is 7.43. The van der Waals surface area contributed by atoms with Crippen molar-refractivity contribution in [3.63, 3.8) is 0 Å². The van der Waals surface area contributed by atoms with Crippen molar-refractivity contribution in [2.24, 2.45) is 0 Å². The summed E-state index contributed by atoms with van der Waals surface area (Å²) in [6.07, 6.45) is 0.434. The fraction of sp³-hybridized carbons (Fsp3) is 0.364. The van der Waals surface area contributed by atoms with Crippen LogP contribution in [0.3, 0.4) is 0 Å². The molecule has 0 heterocycles. The highest BCUT2D eigenvalue weighted by atomic mass is 35.5. The van der Waals surface area contributed by atoms with Crippen LogP contribution >= 0.6 is 23.2 Å². The van der Waals surface area contributed by atoms with Crippen LogP contribution in [0.25, 0.3) is 0 Å². The summed E-state index contributed by atoms with van der Waals surface area (Å²) in [6.45, 7) is 8.32. The summed E-state index contributed by atoms with van der Waals surface area (Å²) in [7, 11) is 0. The fourth-order valence-corrected chi connectivity index (χ4v) is 3.34. The number of anilines is 1. The molecule has 29 heavy (non-hydrogen) atoms. The number of benzene rings is 2. The number of nitrogens with one attached hydrogen (secondary N) is 1. The van der Waals surface area contributed by atoms with Crippen molar-refractivity contribution in [1.29, 1.82) is 0 Å². The molecule has 2 aromatic carbocycles. The molecule has 1 unspecified atom stereocenters. The fourth-order valence-electron chi connectivity index (χ4n) is 2.86. The maximum atomic E-state index is 12.8. The Morgan fingerprint density at radius 2 is 1.72 bits per heavy atom. The Morgan fingerprint density at radius 3 is 2.34 bits per heavy atom. The van der Waals surface area contributed by atoms with Gasteiger partial charge in [-0.3, -0.25) is 0 Å². The summed E-state index contributed by atoms with van der Waals surface area (Å²) in [5, 5.41) is 3.94. The molecule has 1 atom stereocenters. The summed E-state index contributed by atoms with van der Waals surface area (Å²) < 4.78 is 5.14. The first-order valence-corrected chi connectivity index (χ1v) is 10.4. The summed E-state index contributed by atoms with van der Waals surface area (Å²) in [5.74, 6) is -1.36. The molecule has 0 saturated carbocycles. The van der Waals surface area contributed by atoms with E-state index in [1.165, 1.54) is 0 Å². The lowest BCUT2D eigenvalue weighted by atomic mass is 10.1. The number of rotatable bonds is 9. The SMILES string of the molecule is CCN(CC)CCC(Nc1c(Cl)ccc(C)c1Cl)C(=O)OC(=O)c1ccccc1. The van der Waals surface area contributed by atoms with E-state index in [9.17, 15) is 9.59 Å². The molecule has 156 valence electrons. The molecular formula is C22H26Cl2N2O3. The Bertz CT molecular complexity index is 839. The van der Waals surface area contributed by atoms with E-state index in [4.69, 9.17) is 27.9 Å². The second kappa shape index (κ2) is 11.2. The van der Waals surface area contributed by atoms with E-state index < -0.39 is 18.0 Å². The second-order valence-electron chi connectivity index (χ2n) is 6.64. The lowest BCUT2D eigenvalue weighted by Crippen LogP contribution is -2.37. The summed E-state index contributed by atoms with van der Waals surface area (Å²) in [5.41, 5.74) is 1.60. The van der Waals surface area contributed by atoms with Gasteiger partial charge in [0.25, 0.3) is 0 Å². The lowest BCUT2D eigenvalue weighted by molar-refractivity contribution is -0.139. The number of carbonyl (C=O) groups is 2. The Hall–Kier alpha value is -2.08. The summed E-state index contributed by atoms with van der Waals surface area (Å²) >= 11 is 12.7. The quantitative estimate of drug-likeness (QED) is 0.432. The summed E-state index contributed by atoms with van der Waals surface area (Å²) in [4.78, 5) is 27.3. The third-order valence-electron chi connectivity index (χ3n) is 4.72. The zero-order valence-corrected chi connectivity index (χ0v) is 18.4. The molecule has 2 rings (SSSR count). The van der Waals surface area contributed by atoms with Gasteiger partial charge in [-0.15, -0.1) is 0 Å². The van der Waals surface area contributed by atoms with Crippen molar-refractivity contribution < 1.29 is 14.3 Å². The van der Waals surface area contributed by atoms with Crippen LogP contribution < -0.4 is 5.32 Å². The molecule has 0 aliphatic heterocycles. The molecule has 5 nitrogen and oxygen atoms in total. The number of hydrogen-bond acceptors (Lipinski definition) is 5. The van der Waals surface area contributed by atoms with Crippen molar-refractivity contribution in [3.8, 4) is 0 Å². The largest absolute Gasteiger partial charge is 0.388 e. The zero-order chi connectivity index (χ0) is 21.4. The van der Waals surface area contributed by atoms with Crippen molar-refractivity contribution in [2.45, 2.75) is 33.2 Å². The molecule has 0 aliphatic rings. The first-order chi connectivity index (χ1) is 13.9. The van der Waals surface area contributed by atoms with Gasteiger partial charge < -0.3 is 15.0 Å². The molecule has 0 amide bonds. The van der Waals surface area contributed by atoms with E-state index >= 15 is 0 Å². The molecular weight excluding hydrogens is 411 g/mol. The van der Waals surface area contributed by atoms with E-state index in [1.54, 1.807) is 42.5 Å². The third kappa shape index (κ3) is 6.46. The predicted octanol–water partition coefficient (Wildman–Crippen LogP) is 5.20. The standard InChI is InChI=1S/C22H26Cl2N2O3/c1-4-26(5-2)14-13-18(25-20-17(23)12-11-15(3)19(20)24)22(28)29-21(27)16-9-7-6-8-10-16/h6-12,18,25H,4-5,13-14H2,1-3H3. The van der Waals surface area contributed by atoms with Gasteiger partial charge >= 0.3 is 11.9 Å². The van der Waals surface area contributed by atoms with Gasteiger partial charge in [0, 0.05) is 6.54 Å². The molecule has 0 fully saturated rings. The van der Waals surface area contributed by atoms with Crippen LogP contribution in [0, 0.1) is 6.92 Å². The smallest absolute Gasteiger partial charge is 0.345 e. The van der Waals surface area contributed by atoms with Gasteiger partial charge in [-0.2, -0.15) is 0 Å². The minimum atomic E-state index is -0.778. The molecule has 0 radical (unpaired) electrons. The van der Waals surface area contributed by atoms with Gasteiger partial charge in [0.05, 0.1) is 21.3 Å². The average molecular weight is 437 g/mol. The molecule has 0 saturated heterocycles. The van der Waals surface area contributed by atoms with E-state index in [1.807, 2.05) is 6.92 Å². The van der Waals surface area contributed by atoms with E-state index in [0.29, 0.717) is 34.3 Å².